The van der Waals surface area contributed by atoms with E-state index in [-0.39, 0.29) is 6.10 Å². The molecule has 3 aromatic rings. The number of imidazole rings is 1. The van der Waals surface area contributed by atoms with Crippen LogP contribution in [0.2, 0.25) is 0 Å². The van der Waals surface area contributed by atoms with Crippen molar-refractivity contribution in [1.29, 1.82) is 5.26 Å². The lowest BCUT2D eigenvalue weighted by Gasteiger charge is -2.10. The van der Waals surface area contributed by atoms with Gasteiger partial charge in [-0.05, 0) is 56.7 Å². The summed E-state index contributed by atoms with van der Waals surface area (Å²) in [6, 6.07) is 14.1. The standard InChI is InChI=1S/C19H19N3O/c1-13(2)23-16-7-5-15(6-8-16)19-17(10-11-20)22-12-14(3)4-9-18(22)21-19/h4-9,12-13H,10H2,1-3H3. The van der Waals surface area contributed by atoms with Gasteiger partial charge in [0, 0.05) is 11.8 Å². The summed E-state index contributed by atoms with van der Waals surface area (Å²) < 4.78 is 7.69. The molecule has 0 saturated heterocycles. The molecule has 116 valence electrons. The number of benzene rings is 1. The lowest BCUT2D eigenvalue weighted by molar-refractivity contribution is 0.242. The summed E-state index contributed by atoms with van der Waals surface area (Å²) in [6.07, 6.45) is 2.49. The fraction of sp³-hybridized carbons (Fsp3) is 0.263. The third kappa shape index (κ3) is 3.04. The van der Waals surface area contributed by atoms with Gasteiger partial charge in [0.2, 0.25) is 0 Å². The largest absolute Gasteiger partial charge is 0.491 e. The van der Waals surface area contributed by atoms with Crippen molar-refractivity contribution in [3.8, 4) is 23.1 Å². The monoisotopic (exact) mass is 305 g/mol. The molecule has 2 aromatic heterocycles. The van der Waals surface area contributed by atoms with Crippen LogP contribution in [0.4, 0.5) is 0 Å². The average Bonchev–Trinajstić information content (AvgIpc) is 2.86. The molecule has 0 fully saturated rings. The number of hydrogen-bond donors (Lipinski definition) is 0. The Morgan fingerprint density at radius 3 is 2.57 bits per heavy atom. The van der Waals surface area contributed by atoms with Crippen molar-refractivity contribution in [2.24, 2.45) is 0 Å². The summed E-state index contributed by atoms with van der Waals surface area (Å²) in [5.41, 5.74) is 4.77. The summed E-state index contributed by atoms with van der Waals surface area (Å²) in [5, 5.41) is 9.17. The van der Waals surface area contributed by atoms with E-state index >= 15 is 0 Å². The van der Waals surface area contributed by atoms with Crippen molar-refractivity contribution in [3.05, 3.63) is 53.9 Å². The highest BCUT2D eigenvalue weighted by molar-refractivity contribution is 5.67. The second-order valence-electron chi connectivity index (χ2n) is 5.87. The Morgan fingerprint density at radius 1 is 1.17 bits per heavy atom. The molecule has 0 amide bonds. The molecule has 0 spiro atoms. The highest BCUT2D eigenvalue weighted by atomic mass is 16.5. The van der Waals surface area contributed by atoms with Crippen molar-refractivity contribution < 1.29 is 4.74 Å². The van der Waals surface area contributed by atoms with Crippen molar-refractivity contribution in [2.45, 2.75) is 33.3 Å². The molecular weight excluding hydrogens is 286 g/mol. The van der Waals surface area contributed by atoms with Crippen LogP contribution in [-0.4, -0.2) is 15.5 Å². The molecule has 0 atom stereocenters. The van der Waals surface area contributed by atoms with Crippen LogP contribution < -0.4 is 4.74 Å². The van der Waals surface area contributed by atoms with Crippen LogP contribution in [-0.2, 0) is 6.42 Å². The van der Waals surface area contributed by atoms with Gasteiger partial charge in [0.15, 0.2) is 0 Å². The Hall–Kier alpha value is -2.80. The number of pyridine rings is 1. The smallest absolute Gasteiger partial charge is 0.137 e. The lowest BCUT2D eigenvalue weighted by atomic mass is 10.1. The fourth-order valence-corrected chi connectivity index (χ4v) is 2.64. The van der Waals surface area contributed by atoms with Gasteiger partial charge in [-0.25, -0.2) is 4.98 Å². The Balaban J connectivity index is 2.08. The molecule has 0 N–H and O–H groups in total. The summed E-state index contributed by atoms with van der Waals surface area (Å²) in [5.74, 6) is 0.838. The van der Waals surface area contributed by atoms with E-state index in [4.69, 9.17) is 9.72 Å². The van der Waals surface area contributed by atoms with Gasteiger partial charge in [-0.2, -0.15) is 5.26 Å². The molecule has 0 aliphatic carbocycles. The first-order chi connectivity index (χ1) is 11.1. The predicted octanol–water partition coefficient (Wildman–Crippen LogP) is 4.16. The lowest BCUT2D eigenvalue weighted by Crippen LogP contribution is -2.05. The van der Waals surface area contributed by atoms with E-state index in [9.17, 15) is 5.26 Å². The Labute approximate surface area is 136 Å². The van der Waals surface area contributed by atoms with E-state index in [1.165, 1.54) is 0 Å². The second kappa shape index (κ2) is 6.13. The number of ether oxygens (including phenoxy) is 1. The third-order valence-corrected chi connectivity index (χ3v) is 3.61. The molecule has 23 heavy (non-hydrogen) atoms. The summed E-state index contributed by atoms with van der Waals surface area (Å²) in [6.45, 7) is 6.04. The van der Waals surface area contributed by atoms with Crippen LogP contribution in [0.25, 0.3) is 16.9 Å². The number of nitriles is 1. The van der Waals surface area contributed by atoms with Crippen molar-refractivity contribution in [2.75, 3.05) is 0 Å². The van der Waals surface area contributed by atoms with E-state index in [0.29, 0.717) is 6.42 Å². The molecule has 1 aromatic carbocycles. The maximum Gasteiger partial charge on any atom is 0.137 e. The zero-order valence-electron chi connectivity index (χ0n) is 13.6. The quantitative estimate of drug-likeness (QED) is 0.727. The van der Waals surface area contributed by atoms with Crippen LogP contribution in [0, 0.1) is 18.3 Å². The minimum Gasteiger partial charge on any atom is -0.491 e. The second-order valence-corrected chi connectivity index (χ2v) is 5.87. The highest BCUT2D eigenvalue weighted by Crippen LogP contribution is 2.27. The minimum absolute atomic E-state index is 0.146. The van der Waals surface area contributed by atoms with Crippen LogP contribution >= 0.6 is 0 Å². The normalized spacial score (nSPS) is 10.9. The van der Waals surface area contributed by atoms with Gasteiger partial charge in [0.1, 0.15) is 11.4 Å². The minimum atomic E-state index is 0.146. The zero-order chi connectivity index (χ0) is 16.4. The van der Waals surface area contributed by atoms with Crippen LogP contribution in [0.1, 0.15) is 25.1 Å². The molecule has 2 heterocycles. The topological polar surface area (TPSA) is 50.3 Å². The van der Waals surface area contributed by atoms with E-state index in [0.717, 1.165) is 33.9 Å². The molecule has 0 saturated carbocycles. The molecule has 0 unspecified atom stereocenters. The van der Waals surface area contributed by atoms with Crippen LogP contribution in [0.15, 0.2) is 42.6 Å². The number of fused-ring (bicyclic) bond motifs is 1. The maximum absolute atomic E-state index is 9.17. The fourth-order valence-electron chi connectivity index (χ4n) is 2.64. The number of aryl methyl sites for hydroxylation is 1. The van der Waals surface area contributed by atoms with Gasteiger partial charge >= 0.3 is 0 Å². The number of hydrogen-bond acceptors (Lipinski definition) is 3. The molecule has 0 bridgehead atoms. The highest BCUT2D eigenvalue weighted by Gasteiger charge is 2.14. The van der Waals surface area contributed by atoms with E-state index in [1.807, 2.05) is 67.8 Å². The van der Waals surface area contributed by atoms with Crippen molar-refractivity contribution in [1.82, 2.24) is 9.38 Å². The molecule has 4 nitrogen and oxygen atoms in total. The van der Waals surface area contributed by atoms with E-state index in [1.54, 1.807) is 0 Å². The van der Waals surface area contributed by atoms with Gasteiger partial charge in [-0.3, -0.25) is 0 Å². The average molecular weight is 305 g/mol. The van der Waals surface area contributed by atoms with E-state index in [2.05, 4.69) is 6.07 Å². The summed E-state index contributed by atoms with van der Waals surface area (Å²) in [7, 11) is 0. The number of rotatable bonds is 4. The predicted molar refractivity (Wildman–Crippen MR) is 90.4 cm³/mol. The number of aromatic nitrogens is 2. The SMILES string of the molecule is Cc1ccc2nc(-c3ccc(OC(C)C)cc3)c(CC#N)n2c1. The first kappa shape index (κ1) is 15.1. The first-order valence-electron chi connectivity index (χ1n) is 7.70. The van der Waals surface area contributed by atoms with Crippen LogP contribution in [0.5, 0.6) is 5.75 Å². The third-order valence-electron chi connectivity index (χ3n) is 3.61. The summed E-state index contributed by atoms with van der Waals surface area (Å²) in [4.78, 5) is 4.70. The molecule has 0 radical (unpaired) electrons. The number of nitrogens with zero attached hydrogens (tertiary/aromatic N) is 3. The van der Waals surface area contributed by atoms with E-state index < -0.39 is 0 Å². The van der Waals surface area contributed by atoms with Crippen LogP contribution in [0.3, 0.4) is 0 Å². The van der Waals surface area contributed by atoms with Gasteiger partial charge in [0.25, 0.3) is 0 Å². The van der Waals surface area contributed by atoms with Gasteiger partial charge in [-0.1, -0.05) is 6.07 Å². The zero-order valence-corrected chi connectivity index (χ0v) is 13.6. The Morgan fingerprint density at radius 2 is 1.91 bits per heavy atom. The molecule has 0 aliphatic heterocycles. The molecule has 0 aliphatic rings. The maximum atomic E-state index is 9.17. The molecular formula is C19H19N3O. The first-order valence-corrected chi connectivity index (χ1v) is 7.70. The van der Waals surface area contributed by atoms with Gasteiger partial charge in [0.05, 0.1) is 30.0 Å². The van der Waals surface area contributed by atoms with Gasteiger partial charge < -0.3 is 9.14 Å². The Kier molecular flexibility index (Phi) is 4.03. The van der Waals surface area contributed by atoms with Crippen molar-refractivity contribution >= 4 is 5.65 Å². The summed E-state index contributed by atoms with van der Waals surface area (Å²) >= 11 is 0. The molecule has 4 heteroatoms. The van der Waals surface area contributed by atoms with Crippen molar-refractivity contribution in [3.63, 3.8) is 0 Å². The Bertz CT molecular complexity index is 870. The molecule has 3 rings (SSSR count). The van der Waals surface area contributed by atoms with Gasteiger partial charge in [-0.15, -0.1) is 0 Å².